The van der Waals surface area contributed by atoms with Gasteiger partial charge in [0.1, 0.15) is 5.82 Å². The van der Waals surface area contributed by atoms with Crippen LogP contribution < -0.4 is 11.1 Å². The van der Waals surface area contributed by atoms with Gasteiger partial charge >= 0.3 is 0 Å². The van der Waals surface area contributed by atoms with Gasteiger partial charge in [0.25, 0.3) is 0 Å². The van der Waals surface area contributed by atoms with Crippen molar-refractivity contribution < 1.29 is 4.74 Å². The van der Waals surface area contributed by atoms with Gasteiger partial charge in [0, 0.05) is 18.8 Å². The largest absolute Gasteiger partial charge is 0.383 e. The number of ether oxygens (including phenoxy) is 1. The molecule has 0 aromatic carbocycles. The van der Waals surface area contributed by atoms with E-state index in [4.69, 9.17) is 10.5 Å². The number of hydrogen-bond acceptors (Lipinski definition) is 4. The van der Waals surface area contributed by atoms with Crippen LogP contribution in [0.15, 0.2) is 18.3 Å². The van der Waals surface area contributed by atoms with Crippen LogP contribution in [-0.4, -0.2) is 30.3 Å². The number of hydrogen-bond donors (Lipinski definition) is 2. The highest BCUT2D eigenvalue weighted by Gasteiger charge is 2.33. The molecule has 21 heavy (non-hydrogen) atoms. The Morgan fingerprint density at radius 2 is 2.05 bits per heavy atom. The molecule has 0 aliphatic rings. The second kappa shape index (κ2) is 8.35. The van der Waals surface area contributed by atoms with Crippen molar-refractivity contribution in [1.82, 2.24) is 10.3 Å². The maximum atomic E-state index is 6.05. The molecule has 120 valence electrons. The third-order valence-corrected chi connectivity index (χ3v) is 3.59. The first-order chi connectivity index (χ1) is 9.90. The highest BCUT2D eigenvalue weighted by molar-refractivity contribution is 5.39. The molecule has 0 spiro atoms. The summed E-state index contributed by atoms with van der Waals surface area (Å²) < 4.78 is 6.05. The third-order valence-electron chi connectivity index (χ3n) is 3.59. The number of aromatic nitrogens is 1. The zero-order valence-corrected chi connectivity index (χ0v) is 14.1. The molecule has 0 aliphatic carbocycles. The van der Waals surface area contributed by atoms with Crippen molar-refractivity contribution in [2.24, 2.45) is 5.41 Å². The zero-order valence-electron chi connectivity index (χ0n) is 14.1. The van der Waals surface area contributed by atoms with E-state index in [2.05, 4.69) is 44.1 Å². The molecular weight excluding hydrogens is 262 g/mol. The van der Waals surface area contributed by atoms with Crippen LogP contribution in [0.25, 0.3) is 0 Å². The minimum Gasteiger partial charge on any atom is -0.383 e. The van der Waals surface area contributed by atoms with Crippen LogP contribution in [-0.2, 0) is 11.2 Å². The Bertz CT molecular complexity index is 415. The topological polar surface area (TPSA) is 60.2 Å². The number of pyridine rings is 1. The number of nitrogens with zero attached hydrogens (tertiary/aromatic N) is 1. The summed E-state index contributed by atoms with van der Waals surface area (Å²) in [4.78, 5) is 4.19. The molecule has 1 rings (SSSR count). The summed E-state index contributed by atoms with van der Waals surface area (Å²) in [5, 5.41) is 3.63. The Morgan fingerprint density at radius 1 is 1.33 bits per heavy atom. The fourth-order valence-corrected chi connectivity index (χ4v) is 2.63. The fraction of sp³-hybridized carbons (Fsp3) is 0.706. The second-order valence-corrected chi connectivity index (χ2v) is 6.55. The van der Waals surface area contributed by atoms with Crippen LogP contribution in [0.5, 0.6) is 0 Å². The van der Waals surface area contributed by atoms with Gasteiger partial charge in [-0.2, -0.15) is 0 Å². The van der Waals surface area contributed by atoms with Crippen molar-refractivity contribution in [2.75, 3.05) is 18.9 Å². The van der Waals surface area contributed by atoms with Crippen LogP contribution in [0.3, 0.4) is 0 Å². The summed E-state index contributed by atoms with van der Waals surface area (Å²) in [6, 6.07) is 4.22. The van der Waals surface area contributed by atoms with Crippen molar-refractivity contribution in [3.8, 4) is 0 Å². The van der Waals surface area contributed by atoms with Crippen molar-refractivity contribution in [1.29, 1.82) is 0 Å². The lowest BCUT2D eigenvalue weighted by Crippen LogP contribution is -2.49. The first-order valence-electron chi connectivity index (χ1n) is 7.94. The predicted molar refractivity (Wildman–Crippen MR) is 89.3 cm³/mol. The number of nitrogens with one attached hydrogen (secondary N) is 1. The number of rotatable bonds is 8. The van der Waals surface area contributed by atoms with E-state index in [1.807, 2.05) is 13.0 Å². The Morgan fingerprint density at radius 3 is 2.57 bits per heavy atom. The van der Waals surface area contributed by atoms with Gasteiger partial charge in [0.15, 0.2) is 0 Å². The average Bonchev–Trinajstić information content (AvgIpc) is 2.42. The van der Waals surface area contributed by atoms with Gasteiger partial charge in [0.05, 0.1) is 6.10 Å². The Hall–Kier alpha value is -1.13. The number of nitrogen functional groups attached to an aromatic ring is 1. The first-order valence-corrected chi connectivity index (χ1v) is 7.94. The standard InChI is InChI=1S/C17H31N3O/c1-6-10-19-14(15(21-7-2)17(3,4)5)12-13-9-8-11-20-16(13)18/h8-9,11,14-15,19H,6-7,10,12H2,1-5H3,(H2,18,20). The van der Waals surface area contributed by atoms with E-state index in [-0.39, 0.29) is 17.6 Å². The monoisotopic (exact) mass is 293 g/mol. The van der Waals surface area contributed by atoms with Crippen molar-refractivity contribution in [2.45, 2.75) is 59.6 Å². The molecule has 2 atom stereocenters. The summed E-state index contributed by atoms with van der Waals surface area (Å²) in [5.74, 6) is 0.616. The highest BCUT2D eigenvalue weighted by atomic mass is 16.5. The van der Waals surface area contributed by atoms with E-state index in [0.29, 0.717) is 5.82 Å². The molecule has 0 bridgehead atoms. The lowest BCUT2D eigenvalue weighted by atomic mass is 9.82. The minimum absolute atomic E-state index is 0.0678. The molecule has 0 saturated carbocycles. The van der Waals surface area contributed by atoms with Gasteiger partial charge in [-0.3, -0.25) is 0 Å². The van der Waals surface area contributed by atoms with E-state index < -0.39 is 0 Å². The third kappa shape index (κ3) is 5.64. The molecule has 1 aromatic rings. The lowest BCUT2D eigenvalue weighted by molar-refractivity contribution is -0.0354. The van der Waals surface area contributed by atoms with E-state index in [0.717, 1.165) is 31.6 Å². The van der Waals surface area contributed by atoms with Gasteiger partial charge in [-0.05, 0) is 43.4 Å². The molecule has 0 radical (unpaired) electrons. The van der Waals surface area contributed by atoms with Gasteiger partial charge in [-0.15, -0.1) is 0 Å². The smallest absolute Gasteiger partial charge is 0.126 e. The summed E-state index contributed by atoms with van der Waals surface area (Å²) in [6.45, 7) is 12.6. The Balaban J connectivity index is 2.94. The molecule has 0 fully saturated rings. The lowest BCUT2D eigenvalue weighted by Gasteiger charge is -2.37. The van der Waals surface area contributed by atoms with Gasteiger partial charge in [-0.25, -0.2) is 4.98 Å². The molecule has 4 nitrogen and oxygen atoms in total. The van der Waals surface area contributed by atoms with Crippen molar-refractivity contribution in [3.05, 3.63) is 23.9 Å². The molecular formula is C17H31N3O. The molecule has 2 unspecified atom stereocenters. The van der Waals surface area contributed by atoms with Crippen molar-refractivity contribution >= 4 is 5.82 Å². The molecule has 1 aromatic heterocycles. The van der Waals surface area contributed by atoms with Crippen LogP contribution in [0, 0.1) is 5.41 Å². The quantitative estimate of drug-likeness (QED) is 0.773. The molecule has 1 heterocycles. The van der Waals surface area contributed by atoms with Crippen LogP contribution in [0.1, 0.15) is 46.6 Å². The number of anilines is 1. The average molecular weight is 293 g/mol. The van der Waals surface area contributed by atoms with E-state index in [1.165, 1.54) is 0 Å². The van der Waals surface area contributed by atoms with Crippen LogP contribution in [0.4, 0.5) is 5.82 Å². The molecule has 0 aliphatic heterocycles. The predicted octanol–water partition coefficient (Wildman–Crippen LogP) is 3.03. The summed E-state index contributed by atoms with van der Waals surface area (Å²) in [7, 11) is 0. The van der Waals surface area contributed by atoms with Gasteiger partial charge in [0.2, 0.25) is 0 Å². The molecule has 3 N–H and O–H groups in total. The number of nitrogens with two attached hydrogens (primary N) is 1. The second-order valence-electron chi connectivity index (χ2n) is 6.55. The summed E-state index contributed by atoms with van der Waals surface area (Å²) in [6.07, 6.45) is 3.80. The minimum atomic E-state index is 0.0678. The summed E-state index contributed by atoms with van der Waals surface area (Å²) >= 11 is 0. The van der Waals surface area contributed by atoms with E-state index in [9.17, 15) is 0 Å². The summed E-state index contributed by atoms with van der Waals surface area (Å²) in [5.41, 5.74) is 7.15. The van der Waals surface area contributed by atoms with Crippen LogP contribution in [0.2, 0.25) is 0 Å². The van der Waals surface area contributed by atoms with Gasteiger partial charge < -0.3 is 15.8 Å². The highest BCUT2D eigenvalue weighted by Crippen LogP contribution is 2.27. The zero-order chi connectivity index (χ0) is 15.9. The SMILES string of the molecule is CCCNC(Cc1cccnc1N)C(OCC)C(C)(C)C. The normalized spacial score (nSPS) is 14.9. The maximum absolute atomic E-state index is 6.05. The van der Waals surface area contributed by atoms with E-state index >= 15 is 0 Å². The maximum Gasteiger partial charge on any atom is 0.126 e. The van der Waals surface area contributed by atoms with E-state index in [1.54, 1.807) is 6.20 Å². The Kier molecular flexibility index (Phi) is 7.12. The van der Waals surface area contributed by atoms with Crippen LogP contribution >= 0.6 is 0 Å². The van der Waals surface area contributed by atoms with Crippen molar-refractivity contribution in [3.63, 3.8) is 0 Å². The fourth-order valence-electron chi connectivity index (χ4n) is 2.63. The van der Waals surface area contributed by atoms with Gasteiger partial charge in [-0.1, -0.05) is 33.8 Å². The first kappa shape index (κ1) is 17.9. The molecule has 0 amide bonds. The Labute approximate surface area is 129 Å². The molecule has 0 saturated heterocycles. The molecule has 4 heteroatoms.